The predicted molar refractivity (Wildman–Crippen MR) is 111 cm³/mol. The number of hydrogen-bond donors (Lipinski definition) is 2. The molecule has 0 saturated carbocycles. The maximum Gasteiger partial charge on any atom is 0.157 e. The highest BCUT2D eigenvalue weighted by atomic mass is 16.3. The summed E-state index contributed by atoms with van der Waals surface area (Å²) in [6.45, 7) is 3.99. The number of imidazole rings is 1. The van der Waals surface area contributed by atoms with Gasteiger partial charge in [0.1, 0.15) is 17.6 Å². The summed E-state index contributed by atoms with van der Waals surface area (Å²) in [7, 11) is 0. The van der Waals surface area contributed by atoms with Gasteiger partial charge in [0.2, 0.25) is 0 Å². The van der Waals surface area contributed by atoms with Crippen LogP contribution >= 0.6 is 0 Å². The first-order chi connectivity index (χ1) is 13.7. The third-order valence-corrected chi connectivity index (χ3v) is 4.90. The summed E-state index contributed by atoms with van der Waals surface area (Å²) in [6, 6.07) is 17.1. The van der Waals surface area contributed by atoms with Crippen molar-refractivity contribution < 1.29 is 5.11 Å². The zero-order chi connectivity index (χ0) is 19.7. The van der Waals surface area contributed by atoms with E-state index in [2.05, 4.69) is 21.6 Å². The van der Waals surface area contributed by atoms with Crippen molar-refractivity contribution in [3.63, 3.8) is 0 Å². The number of para-hydroxylation sites is 3. The molecule has 2 aromatic carbocycles. The molecule has 0 radical (unpaired) electrons. The minimum absolute atomic E-state index is 0.165. The van der Waals surface area contributed by atoms with Gasteiger partial charge in [0, 0.05) is 5.56 Å². The van der Waals surface area contributed by atoms with Gasteiger partial charge < -0.3 is 5.11 Å². The van der Waals surface area contributed by atoms with Crippen LogP contribution in [0, 0.1) is 18.3 Å². The van der Waals surface area contributed by atoms with Crippen LogP contribution in [0.4, 0.5) is 5.82 Å². The summed E-state index contributed by atoms with van der Waals surface area (Å²) in [5, 5.41) is 24.0. The van der Waals surface area contributed by atoms with E-state index in [-0.39, 0.29) is 5.75 Å². The van der Waals surface area contributed by atoms with E-state index in [1.54, 1.807) is 24.4 Å². The predicted octanol–water partition coefficient (Wildman–Crippen LogP) is 4.38. The normalized spacial score (nSPS) is 11.3. The number of benzene rings is 2. The average Bonchev–Trinajstić information content (AvgIpc) is 3.08. The minimum Gasteiger partial charge on any atom is -0.507 e. The molecule has 4 rings (SSSR count). The van der Waals surface area contributed by atoms with Gasteiger partial charge in [-0.1, -0.05) is 31.2 Å². The Bertz CT molecular complexity index is 1260. The molecule has 0 aliphatic carbocycles. The molecule has 0 unspecified atom stereocenters. The first-order valence-corrected chi connectivity index (χ1v) is 9.05. The van der Waals surface area contributed by atoms with E-state index in [1.807, 2.05) is 48.6 Å². The number of aromatic hydroxyl groups is 1. The molecule has 0 fully saturated rings. The van der Waals surface area contributed by atoms with Gasteiger partial charge >= 0.3 is 0 Å². The molecule has 6 heteroatoms. The Balaban J connectivity index is 1.94. The van der Waals surface area contributed by atoms with Crippen LogP contribution in [0.15, 0.2) is 53.6 Å². The number of nitrogens with one attached hydrogen (secondary N) is 1. The Morgan fingerprint density at radius 2 is 1.96 bits per heavy atom. The number of nitrogens with zero attached hydrogens (tertiary/aromatic N) is 4. The zero-order valence-electron chi connectivity index (χ0n) is 15.6. The largest absolute Gasteiger partial charge is 0.507 e. The summed E-state index contributed by atoms with van der Waals surface area (Å²) >= 11 is 0. The summed E-state index contributed by atoms with van der Waals surface area (Å²) in [4.78, 5) is 4.67. The van der Waals surface area contributed by atoms with Crippen LogP contribution in [0.5, 0.6) is 5.75 Å². The summed E-state index contributed by atoms with van der Waals surface area (Å²) in [6.07, 6.45) is 2.31. The van der Waals surface area contributed by atoms with Crippen molar-refractivity contribution in [3.8, 4) is 11.8 Å². The van der Waals surface area contributed by atoms with Crippen LogP contribution in [0.25, 0.3) is 16.7 Å². The van der Waals surface area contributed by atoms with Crippen LogP contribution in [-0.4, -0.2) is 20.7 Å². The third kappa shape index (κ3) is 2.74. The molecule has 0 saturated heterocycles. The van der Waals surface area contributed by atoms with E-state index < -0.39 is 0 Å². The van der Waals surface area contributed by atoms with Gasteiger partial charge in [0.05, 0.1) is 22.8 Å². The van der Waals surface area contributed by atoms with Crippen molar-refractivity contribution in [1.29, 1.82) is 5.26 Å². The lowest BCUT2D eigenvalue weighted by Gasteiger charge is -2.15. The summed E-state index contributed by atoms with van der Waals surface area (Å²) in [5.74, 6) is 0.937. The van der Waals surface area contributed by atoms with Gasteiger partial charge in [-0.2, -0.15) is 10.4 Å². The van der Waals surface area contributed by atoms with E-state index in [9.17, 15) is 10.4 Å². The Labute approximate surface area is 162 Å². The average molecular weight is 369 g/mol. The topological polar surface area (TPSA) is 85.7 Å². The molecule has 0 aliphatic heterocycles. The zero-order valence-corrected chi connectivity index (χ0v) is 15.6. The molecule has 28 heavy (non-hydrogen) atoms. The van der Waals surface area contributed by atoms with Gasteiger partial charge in [-0.15, -0.1) is 0 Å². The number of phenols is 1. The Kier molecular flexibility index (Phi) is 4.42. The van der Waals surface area contributed by atoms with Crippen molar-refractivity contribution in [3.05, 3.63) is 70.8 Å². The van der Waals surface area contributed by atoms with Gasteiger partial charge in [-0.25, -0.2) is 4.98 Å². The third-order valence-electron chi connectivity index (χ3n) is 4.90. The van der Waals surface area contributed by atoms with Crippen LogP contribution < -0.4 is 5.43 Å². The van der Waals surface area contributed by atoms with Crippen molar-refractivity contribution >= 4 is 28.7 Å². The fourth-order valence-corrected chi connectivity index (χ4v) is 3.49. The lowest BCUT2D eigenvalue weighted by atomic mass is 10.0. The highest BCUT2D eigenvalue weighted by molar-refractivity contribution is 5.87. The van der Waals surface area contributed by atoms with Crippen LogP contribution in [0.2, 0.25) is 0 Å². The first-order valence-electron chi connectivity index (χ1n) is 9.05. The Morgan fingerprint density at radius 3 is 2.71 bits per heavy atom. The summed E-state index contributed by atoms with van der Waals surface area (Å²) < 4.78 is 1.95. The first kappa shape index (κ1) is 17.6. The number of hydrazone groups is 1. The molecule has 0 bridgehead atoms. The van der Waals surface area contributed by atoms with Crippen LogP contribution in [0.1, 0.15) is 29.2 Å². The molecular weight excluding hydrogens is 350 g/mol. The molecule has 0 aliphatic rings. The molecule has 2 heterocycles. The quantitative estimate of drug-likeness (QED) is 0.413. The lowest BCUT2D eigenvalue weighted by molar-refractivity contribution is 0.474. The molecule has 6 nitrogen and oxygen atoms in total. The molecule has 0 amide bonds. The van der Waals surface area contributed by atoms with E-state index in [1.165, 1.54) is 0 Å². The molecular formula is C22H19N5O. The van der Waals surface area contributed by atoms with Crippen molar-refractivity contribution in [2.24, 2.45) is 5.10 Å². The highest BCUT2D eigenvalue weighted by Crippen LogP contribution is 2.31. The molecule has 2 aromatic heterocycles. The van der Waals surface area contributed by atoms with E-state index >= 15 is 0 Å². The second-order valence-electron chi connectivity index (χ2n) is 6.48. The Morgan fingerprint density at radius 1 is 1.21 bits per heavy atom. The number of hydrogen-bond acceptors (Lipinski definition) is 5. The number of pyridine rings is 1. The molecule has 138 valence electrons. The van der Waals surface area contributed by atoms with Crippen LogP contribution in [0.3, 0.4) is 0 Å². The van der Waals surface area contributed by atoms with E-state index in [0.717, 1.165) is 34.4 Å². The number of aromatic nitrogens is 2. The van der Waals surface area contributed by atoms with Crippen LogP contribution in [-0.2, 0) is 6.42 Å². The highest BCUT2D eigenvalue weighted by Gasteiger charge is 2.19. The van der Waals surface area contributed by atoms with Gasteiger partial charge in [-0.05, 0) is 48.7 Å². The van der Waals surface area contributed by atoms with Gasteiger partial charge in [0.15, 0.2) is 5.65 Å². The lowest BCUT2D eigenvalue weighted by Crippen LogP contribution is -2.07. The second-order valence-corrected chi connectivity index (χ2v) is 6.48. The number of fused-ring (bicyclic) bond motifs is 3. The molecule has 2 N–H and O–H groups in total. The van der Waals surface area contributed by atoms with Gasteiger partial charge in [-0.3, -0.25) is 9.83 Å². The van der Waals surface area contributed by atoms with Crippen molar-refractivity contribution in [1.82, 2.24) is 9.38 Å². The van der Waals surface area contributed by atoms with E-state index in [4.69, 9.17) is 0 Å². The number of phenolic OH excluding ortho intramolecular Hbond substituents is 1. The molecule has 0 atom stereocenters. The monoisotopic (exact) mass is 369 g/mol. The summed E-state index contributed by atoms with van der Waals surface area (Å²) in [5.41, 5.74) is 8.55. The van der Waals surface area contributed by atoms with Crippen molar-refractivity contribution in [2.75, 3.05) is 5.43 Å². The number of rotatable bonds is 4. The molecule has 0 spiro atoms. The van der Waals surface area contributed by atoms with Crippen molar-refractivity contribution in [2.45, 2.75) is 20.3 Å². The maximum atomic E-state index is 9.93. The number of anilines is 1. The molecule has 4 aromatic rings. The smallest absolute Gasteiger partial charge is 0.157 e. The fourth-order valence-electron chi connectivity index (χ4n) is 3.49. The van der Waals surface area contributed by atoms with Gasteiger partial charge in [0.25, 0.3) is 0 Å². The Hall–Kier alpha value is -3.85. The fraction of sp³-hybridized carbons (Fsp3) is 0.136. The SMILES string of the molecule is CCc1c(C)c(C#N)c2nc3ccccc3n2c1N/N=C/c1ccccc1O. The number of nitriles is 1. The standard InChI is InChI=1S/C22H19N5O/c1-3-16-14(2)17(12-23)21-25-18-9-5-6-10-19(18)27(21)22(16)26-24-13-15-8-4-7-11-20(15)28/h4-11,13,26,28H,3H2,1-2H3/b24-13+. The second kappa shape index (κ2) is 7.05. The minimum atomic E-state index is 0.165. The van der Waals surface area contributed by atoms with E-state index in [0.29, 0.717) is 16.8 Å². The maximum absolute atomic E-state index is 9.93.